The Bertz CT molecular complexity index is 968. The molecule has 22 heavy (non-hydrogen) atoms. The first kappa shape index (κ1) is 13.1. The highest BCUT2D eigenvalue weighted by Crippen LogP contribution is 2.20. The Morgan fingerprint density at radius 1 is 1.18 bits per heavy atom. The summed E-state index contributed by atoms with van der Waals surface area (Å²) in [6, 6.07) is 11.0. The van der Waals surface area contributed by atoms with Crippen molar-refractivity contribution in [3.05, 3.63) is 54.2 Å². The molecule has 0 unspecified atom stereocenters. The number of Topliss-reactive ketones (excluding diaryl/α,β-unsaturated/α-hetero) is 1. The van der Waals surface area contributed by atoms with Crippen LogP contribution >= 0.6 is 11.6 Å². The van der Waals surface area contributed by atoms with Gasteiger partial charge in [-0.3, -0.25) is 4.79 Å². The largest absolute Gasteiger partial charge is 0.461 e. The number of fused-ring (bicyclic) bond motifs is 3. The number of hydrogen-bond donors (Lipinski definition) is 0. The van der Waals surface area contributed by atoms with Crippen molar-refractivity contribution in [3.8, 4) is 0 Å². The number of ketones is 1. The van der Waals surface area contributed by atoms with Gasteiger partial charge < -0.3 is 8.98 Å². The van der Waals surface area contributed by atoms with E-state index in [4.69, 9.17) is 16.0 Å². The van der Waals surface area contributed by atoms with Crippen LogP contribution in [-0.4, -0.2) is 24.9 Å². The first-order chi connectivity index (χ1) is 10.8. The fourth-order valence-electron chi connectivity index (χ4n) is 2.53. The van der Waals surface area contributed by atoms with Crippen LogP contribution in [0.3, 0.4) is 0 Å². The second-order valence-electron chi connectivity index (χ2n) is 4.85. The van der Waals surface area contributed by atoms with Crippen LogP contribution in [0.4, 0.5) is 0 Å². The molecule has 0 saturated carbocycles. The van der Waals surface area contributed by atoms with Crippen molar-refractivity contribution in [1.29, 1.82) is 0 Å². The number of nitrogens with zero attached hydrogens (tertiary/aromatic N) is 4. The first-order valence-corrected chi connectivity index (χ1v) is 7.27. The Morgan fingerprint density at radius 2 is 2.00 bits per heavy atom. The van der Waals surface area contributed by atoms with Crippen LogP contribution in [0, 0.1) is 0 Å². The first-order valence-electron chi connectivity index (χ1n) is 6.73. The summed E-state index contributed by atoms with van der Waals surface area (Å²) in [6.45, 7) is 0.130. The van der Waals surface area contributed by atoms with Gasteiger partial charge in [0.2, 0.25) is 11.6 Å². The van der Waals surface area contributed by atoms with Crippen LogP contribution in [0.15, 0.2) is 47.1 Å². The molecule has 0 aliphatic heterocycles. The molecule has 4 rings (SSSR count). The molecule has 3 heterocycles. The van der Waals surface area contributed by atoms with E-state index < -0.39 is 0 Å². The van der Waals surface area contributed by atoms with Gasteiger partial charge in [-0.2, -0.15) is 9.50 Å². The smallest absolute Gasteiger partial charge is 0.234 e. The van der Waals surface area contributed by atoms with Crippen molar-refractivity contribution in [2.24, 2.45) is 0 Å². The number of carbonyl (C=O) groups excluding carboxylic acids is 1. The number of halogens is 1. The maximum Gasteiger partial charge on any atom is 0.234 e. The molecule has 0 aliphatic rings. The van der Waals surface area contributed by atoms with E-state index in [1.165, 1.54) is 6.26 Å². The molecular weight excluding hydrogens is 304 g/mol. The fourth-order valence-corrected chi connectivity index (χ4v) is 2.65. The summed E-state index contributed by atoms with van der Waals surface area (Å²) in [5.74, 6) is 1.55. The maximum absolute atomic E-state index is 12.3. The number of alkyl halides is 1. The summed E-state index contributed by atoms with van der Waals surface area (Å²) in [4.78, 5) is 16.7. The van der Waals surface area contributed by atoms with E-state index in [-0.39, 0.29) is 18.2 Å². The lowest BCUT2D eigenvalue weighted by Crippen LogP contribution is -2.10. The second kappa shape index (κ2) is 4.99. The fraction of sp³-hybridized carbons (Fsp3) is 0.133. The summed E-state index contributed by atoms with van der Waals surface area (Å²) in [7, 11) is 0. The number of rotatable bonds is 4. The molecule has 1 aromatic carbocycles. The molecule has 6 nitrogen and oxygen atoms in total. The van der Waals surface area contributed by atoms with E-state index in [2.05, 4.69) is 10.1 Å². The van der Waals surface area contributed by atoms with Crippen LogP contribution in [0.25, 0.3) is 16.8 Å². The van der Waals surface area contributed by atoms with Crippen molar-refractivity contribution in [1.82, 2.24) is 19.2 Å². The minimum atomic E-state index is -0.122. The molecule has 0 fully saturated rings. The van der Waals surface area contributed by atoms with E-state index in [1.54, 1.807) is 16.6 Å². The Morgan fingerprint density at radius 3 is 2.73 bits per heavy atom. The highest BCUT2D eigenvalue weighted by atomic mass is 35.5. The third-order valence-corrected chi connectivity index (χ3v) is 3.73. The van der Waals surface area contributed by atoms with Crippen LogP contribution < -0.4 is 0 Å². The zero-order valence-corrected chi connectivity index (χ0v) is 12.2. The van der Waals surface area contributed by atoms with Crippen molar-refractivity contribution in [2.75, 3.05) is 0 Å². The Kier molecular flexibility index (Phi) is 2.97. The third-order valence-electron chi connectivity index (χ3n) is 3.49. The lowest BCUT2D eigenvalue weighted by atomic mass is 10.3. The summed E-state index contributed by atoms with van der Waals surface area (Å²) < 4.78 is 8.70. The van der Waals surface area contributed by atoms with E-state index >= 15 is 0 Å². The Labute approximate surface area is 129 Å². The van der Waals surface area contributed by atoms with Gasteiger partial charge in [0.05, 0.1) is 29.7 Å². The zero-order valence-electron chi connectivity index (χ0n) is 11.4. The second-order valence-corrected chi connectivity index (χ2v) is 5.12. The van der Waals surface area contributed by atoms with Crippen LogP contribution in [0.1, 0.15) is 16.4 Å². The van der Waals surface area contributed by atoms with E-state index in [0.717, 1.165) is 11.0 Å². The van der Waals surface area contributed by atoms with Gasteiger partial charge >= 0.3 is 0 Å². The normalized spacial score (nSPS) is 11.5. The number of imidazole rings is 1. The molecular formula is C15H11ClN4O2. The lowest BCUT2D eigenvalue weighted by Gasteiger charge is -2.02. The van der Waals surface area contributed by atoms with Crippen molar-refractivity contribution in [3.63, 3.8) is 0 Å². The number of benzene rings is 1. The van der Waals surface area contributed by atoms with Crippen LogP contribution in [0.5, 0.6) is 0 Å². The Balaban J connectivity index is 1.89. The number of hydrogen-bond acceptors (Lipinski definition) is 4. The number of furan rings is 1. The molecule has 0 radical (unpaired) electrons. The molecule has 0 N–H and O–H groups in total. The quantitative estimate of drug-likeness (QED) is 0.429. The van der Waals surface area contributed by atoms with E-state index in [0.29, 0.717) is 17.4 Å². The Hall–Kier alpha value is -2.60. The lowest BCUT2D eigenvalue weighted by molar-refractivity contribution is 0.0947. The molecule has 0 atom stereocenters. The minimum absolute atomic E-state index is 0.122. The van der Waals surface area contributed by atoms with Gasteiger partial charge in [0.15, 0.2) is 11.6 Å². The van der Waals surface area contributed by atoms with Gasteiger partial charge in [-0.1, -0.05) is 12.1 Å². The molecule has 0 amide bonds. The van der Waals surface area contributed by atoms with Gasteiger partial charge in [0, 0.05) is 0 Å². The van der Waals surface area contributed by atoms with Gasteiger partial charge in [-0.25, -0.2) is 0 Å². The summed E-state index contributed by atoms with van der Waals surface area (Å²) in [5.41, 5.74) is 1.77. The predicted molar refractivity (Wildman–Crippen MR) is 81.1 cm³/mol. The molecule has 0 aliphatic carbocycles. The van der Waals surface area contributed by atoms with Crippen LogP contribution in [-0.2, 0) is 12.4 Å². The average molecular weight is 315 g/mol. The van der Waals surface area contributed by atoms with Crippen molar-refractivity contribution >= 4 is 34.2 Å². The van der Waals surface area contributed by atoms with Gasteiger partial charge in [-0.05, 0) is 24.3 Å². The molecule has 0 saturated heterocycles. The number of para-hydroxylation sites is 2. The van der Waals surface area contributed by atoms with Crippen LogP contribution in [0.2, 0.25) is 0 Å². The third kappa shape index (κ3) is 1.92. The SMILES string of the molecule is O=C(Cn1c2ccccc2n2nc(CCl)nc12)c1ccco1. The molecule has 7 heteroatoms. The summed E-state index contributed by atoms with van der Waals surface area (Å²) in [5, 5.41) is 4.37. The molecule has 3 aromatic heterocycles. The topological polar surface area (TPSA) is 65.3 Å². The van der Waals surface area contributed by atoms with Crippen molar-refractivity contribution < 1.29 is 9.21 Å². The number of aromatic nitrogens is 4. The molecule has 110 valence electrons. The highest BCUT2D eigenvalue weighted by Gasteiger charge is 2.18. The van der Waals surface area contributed by atoms with Gasteiger partial charge in [0.1, 0.15) is 0 Å². The maximum atomic E-state index is 12.3. The molecule has 0 spiro atoms. The van der Waals surface area contributed by atoms with Crippen molar-refractivity contribution in [2.45, 2.75) is 12.4 Å². The highest BCUT2D eigenvalue weighted by molar-refractivity contribution is 6.16. The summed E-state index contributed by atoms with van der Waals surface area (Å²) in [6.07, 6.45) is 1.49. The zero-order chi connectivity index (χ0) is 15.1. The number of carbonyl (C=O) groups is 1. The molecule has 4 aromatic rings. The van der Waals surface area contributed by atoms with E-state index in [1.807, 2.05) is 28.8 Å². The van der Waals surface area contributed by atoms with E-state index in [9.17, 15) is 4.79 Å². The standard InChI is InChI=1S/C15H11ClN4O2/c16-8-14-17-15-19(9-12(21)13-6-3-7-22-13)10-4-1-2-5-11(10)20(15)18-14/h1-7H,8-9H2. The monoisotopic (exact) mass is 314 g/mol. The van der Waals surface area contributed by atoms with Gasteiger partial charge in [-0.15, -0.1) is 16.7 Å². The minimum Gasteiger partial charge on any atom is -0.461 e. The summed E-state index contributed by atoms with van der Waals surface area (Å²) >= 11 is 5.82. The predicted octanol–water partition coefficient (Wildman–Crippen LogP) is 2.90. The van der Waals surface area contributed by atoms with Gasteiger partial charge in [0.25, 0.3) is 0 Å². The average Bonchev–Trinajstić information content (AvgIpc) is 3.25. The molecule has 0 bridgehead atoms.